The number of hydrogen-bond donors (Lipinski definition) is 0. The topological polar surface area (TPSA) is 0 Å². The van der Waals surface area contributed by atoms with Crippen LogP contribution in [-0.2, 0) is 0 Å². The van der Waals surface area contributed by atoms with Gasteiger partial charge in [0.2, 0.25) is 0 Å². The predicted molar refractivity (Wildman–Crippen MR) is 35.3 cm³/mol. The first-order chi connectivity index (χ1) is 3.33. The summed E-state index contributed by atoms with van der Waals surface area (Å²) in [6.45, 7) is 2.31. The zero-order valence-electron chi connectivity index (χ0n) is 4.58. The molecule has 0 saturated carbocycles. The lowest BCUT2D eigenvalue weighted by Gasteiger charge is -2.28. The first kappa shape index (κ1) is 5.64. The number of halogens is 1. The third-order valence-corrected chi connectivity index (χ3v) is 5.52. The molecule has 0 unspecified atom stereocenters. The zero-order chi connectivity index (χ0) is 5.28. The van der Waals surface area contributed by atoms with Crippen molar-refractivity contribution in [3.05, 3.63) is 0 Å². The van der Waals surface area contributed by atoms with Gasteiger partial charge in [-0.15, -0.1) is 11.6 Å². The Hall–Kier alpha value is 0.507. The lowest BCUT2D eigenvalue weighted by molar-refractivity contribution is 0.650. The number of hydrogen-bond acceptors (Lipinski definition) is 0. The quantitative estimate of drug-likeness (QED) is 0.379. The molecule has 1 saturated heterocycles. The Morgan fingerprint density at radius 1 is 1.71 bits per heavy atom. The molecule has 7 heavy (non-hydrogen) atoms. The Morgan fingerprint density at radius 3 is 2.43 bits per heavy atom. The summed E-state index contributed by atoms with van der Waals surface area (Å²) in [7, 11) is 0.0291. The van der Waals surface area contributed by atoms with Crippen LogP contribution in [-0.4, -0.2) is 14.3 Å². The molecule has 0 aromatic carbocycles. The van der Waals surface area contributed by atoms with Crippen LogP contribution in [0.3, 0.4) is 0 Å². The molecule has 0 N–H and O–H groups in total. The maximum absolute atomic E-state index is 5.61. The van der Waals surface area contributed by atoms with E-state index in [0.717, 1.165) is 11.4 Å². The van der Waals surface area contributed by atoms with E-state index < -0.39 is 0 Å². The van der Waals surface area contributed by atoms with E-state index in [2.05, 4.69) is 6.92 Å². The average Bonchev–Trinajstić information content (AvgIpc) is 1.58. The van der Waals surface area contributed by atoms with Crippen LogP contribution in [0.2, 0.25) is 12.1 Å². The molecule has 41 valence electrons. The highest BCUT2D eigenvalue weighted by atomic mass is 35.5. The summed E-state index contributed by atoms with van der Waals surface area (Å²) in [4.78, 5) is 0. The van der Waals surface area contributed by atoms with Crippen molar-refractivity contribution in [2.45, 2.75) is 19.0 Å². The van der Waals surface area contributed by atoms with Crippen LogP contribution in [0.1, 0.15) is 6.92 Å². The van der Waals surface area contributed by atoms with Gasteiger partial charge in [0.25, 0.3) is 0 Å². The lowest BCUT2D eigenvalue weighted by Crippen LogP contribution is -2.31. The van der Waals surface area contributed by atoms with Crippen LogP contribution in [0.25, 0.3) is 0 Å². The van der Waals surface area contributed by atoms with E-state index >= 15 is 0 Å². The summed E-state index contributed by atoms with van der Waals surface area (Å²) < 4.78 is 0. The Bertz CT molecular complexity index is 59.1. The van der Waals surface area contributed by atoms with Crippen LogP contribution in [0.5, 0.6) is 0 Å². The molecule has 0 amide bonds. The van der Waals surface area contributed by atoms with Crippen LogP contribution >= 0.6 is 11.6 Å². The number of alkyl halides is 1. The molecule has 0 atom stereocenters. The normalized spacial score (nSPS) is 24.9. The zero-order valence-corrected chi connectivity index (χ0v) is 6.33. The monoisotopic (exact) mass is 133 g/mol. The molecular weight excluding hydrogens is 124 g/mol. The van der Waals surface area contributed by atoms with Crippen LogP contribution < -0.4 is 0 Å². The van der Waals surface area contributed by atoms with Gasteiger partial charge >= 0.3 is 0 Å². The lowest BCUT2D eigenvalue weighted by atomic mass is 10.2. The van der Waals surface area contributed by atoms with E-state index in [1.54, 1.807) is 0 Å². The second kappa shape index (κ2) is 2.18. The molecule has 0 bridgehead atoms. The average molecular weight is 134 g/mol. The van der Waals surface area contributed by atoms with Crippen molar-refractivity contribution in [3.63, 3.8) is 0 Å². The van der Waals surface area contributed by atoms with Gasteiger partial charge in [0, 0.05) is 5.50 Å². The van der Waals surface area contributed by atoms with E-state index in [1.165, 1.54) is 12.1 Å². The molecule has 0 aromatic heterocycles. The Kier molecular flexibility index (Phi) is 1.76. The molecule has 1 radical (unpaired) electrons. The molecule has 1 rings (SSSR count). The standard InChI is InChI=1S/C5H10ClSi/c1-5-2-7(3-5)4-6/h5H,2-4H2,1H3. The summed E-state index contributed by atoms with van der Waals surface area (Å²) in [6.07, 6.45) is 0. The Labute approximate surface area is 51.5 Å². The third kappa shape index (κ3) is 1.20. The van der Waals surface area contributed by atoms with Crippen molar-refractivity contribution in [2.24, 2.45) is 5.92 Å². The smallest absolute Gasteiger partial charge is 0.0664 e. The fourth-order valence-corrected chi connectivity index (χ4v) is 3.76. The maximum Gasteiger partial charge on any atom is 0.0664 e. The summed E-state index contributed by atoms with van der Waals surface area (Å²) in [5, 5.41) is 0. The largest absolute Gasteiger partial charge is 0.130 e. The van der Waals surface area contributed by atoms with Crippen molar-refractivity contribution < 1.29 is 0 Å². The minimum absolute atomic E-state index is 0.0291. The summed E-state index contributed by atoms with van der Waals surface area (Å²) in [5.41, 5.74) is 0.981. The predicted octanol–water partition coefficient (Wildman–Crippen LogP) is 1.91. The molecule has 0 aliphatic carbocycles. The molecule has 2 heteroatoms. The van der Waals surface area contributed by atoms with Gasteiger partial charge in [0.15, 0.2) is 0 Å². The number of rotatable bonds is 1. The minimum Gasteiger partial charge on any atom is -0.130 e. The van der Waals surface area contributed by atoms with Gasteiger partial charge < -0.3 is 0 Å². The first-order valence-electron chi connectivity index (χ1n) is 2.72. The van der Waals surface area contributed by atoms with Crippen molar-refractivity contribution in [2.75, 3.05) is 5.50 Å². The van der Waals surface area contributed by atoms with Gasteiger partial charge in [-0.3, -0.25) is 0 Å². The molecular formula is C5H10ClSi. The summed E-state index contributed by atoms with van der Waals surface area (Å²) in [6, 6.07) is 2.93. The Balaban J connectivity index is 2.06. The van der Waals surface area contributed by atoms with Crippen LogP contribution in [0.15, 0.2) is 0 Å². The van der Waals surface area contributed by atoms with Crippen LogP contribution in [0, 0.1) is 5.92 Å². The third-order valence-electron chi connectivity index (χ3n) is 1.46. The SMILES string of the molecule is CC1C[Si](CCl)C1. The highest BCUT2D eigenvalue weighted by Crippen LogP contribution is 2.28. The highest BCUT2D eigenvalue weighted by molar-refractivity contribution is 6.69. The second-order valence-electron chi connectivity index (χ2n) is 2.40. The van der Waals surface area contributed by atoms with E-state index in [1.807, 2.05) is 0 Å². The molecule has 1 fully saturated rings. The molecule has 0 spiro atoms. The molecule has 1 aliphatic heterocycles. The van der Waals surface area contributed by atoms with Crippen molar-refractivity contribution in [1.82, 2.24) is 0 Å². The minimum atomic E-state index is 0.0291. The Morgan fingerprint density at radius 2 is 2.29 bits per heavy atom. The molecule has 0 aromatic rings. The second-order valence-corrected chi connectivity index (χ2v) is 5.78. The van der Waals surface area contributed by atoms with E-state index in [-0.39, 0.29) is 8.80 Å². The van der Waals surface area contributed by atoms with Gasteiger partial charge in [0.05, 0.1) is 8.80 Å². The van der Waals surface area contributed by atoms with Crippen molar-refractivity contribution >= 4 is 20.4 Å². The van der Waals surface area contributed by atoms with E-state index in [9.17, 15) is 0 Å². The summed E-state index contributed by atoms with van der Waals surface area (Å²) in [5.74, 6) is 1.01. The first-order valence-corrected chi connectivity index (χ1v) is 5.38. The van der Waals surface area contributed by atoms with Crippen LogP contribution in [0.4, 0.5) is 0 Å². The van der Waals surface area contributed by atoms with E-state index in [0.29, 0.717) is 0 Å². The van der Waals surface area contributed by atoms with Gasteiger partial charge in [-0.25, -0.2) is 0 Å². The van der Waals surface area contributed by atoms with Crippen molar-refractivity contribution in [3.8, 4) is 0 Å². The van der Waals surface area contributed by atoms with E-state index in [4.69, 9.17) is 11.6 Å². The fraction of sp³-hybridized carbons (Fsp3) is 1.00. The van der Waals surface area contributed by atoms with Gasteiger partial charge in [0.1, 0.15) is 0 Å². The van der Waals surface area contributed by atoms with Gasteiger partial charge in [-0.1, -0.05) is 19.0 Å². The fourth-order valence-electron chi connectivity index (χ4n) is 1.03. The molecule has 0 nitrogen and oxygen atoms in total. The summed E-state index contributed by atoms with van der Waals surface area (Å²) >= 11 is 5.61. The van der Waals surface area contributed by atoms with Gasteiger partial charge in [-0.05, 0) is 5.92 Å². The highest BCUT2D eigenvalue weighted by Gasteiger charge is 2.25. The maximum atomic E-state index is 5.61. The molecule has 1 aliphatic rings. The molecule has 1 heterocycles. The van der Waals surface area contributed by atoms with Gasteiger partial charge in [-0.2, -0.15) is 0 Å². The van der Waals surface area contributed by atoms with Crippen molar-refractivity contribution in [1.29, 1.82) is 0 Å².